The lowest BCUT2D eigenvalue weighted by molar-refractivity contribution is -0.140. The Labute approximate surface area is 255 Å². The molecule has 1 atom stereocenters. The molecular formula is C28H29Cl4N3O4S. The zero-order valence-corrected chi connectivity index (χ0v) is 26.0. The topological polar surface area (TPSA) is 86.8 Å². The number of sulfonamides is 1. The molecule has 3 rings (SSSR count). The molecule has 3 aromatic carbocycles. The zero-order valence-electron chi connectivity index (χ0n) is 22.1. The van der Waals surface area contributed by atoms with Gasteiger partial charge in [0.25, 0.3) is 10.0 Å². The van der Waals surface area contributed by atoms with Crippen molar-refractivity contribution in [2.24, 2.45) is 0 Å². The van der Waals surface area contributed by atoms with Gasteiger partial charge in [-0.1, -0.05) is 77.1 Å². The molecule has 0 bridgehead atoms. The summed E-state index contributed by atoms with van der Waals surface area (Å²) in [5.41, 5.74) is 1.43. The minimum absolute atomic E-state index is 0.0265. The van der Waals surface area contributed by atoms with Crippen LogP contribution in [0.4, 0.5) is 5.69 Å². The average molecular weight is 645 g/mol. The van der Waals surface area contributed by atoms with E-state index in [0.717, 1.165) is 9.87 Å². The molecule has 2 amide bonds. The van der Waals surface area contributed by atoms with Crippen molar-refractivity contribution in [3.8, 4) is 0 Å². The SMILES string of the molecule is CCNC(=O)[C@H](CC)N(Cc1ccc(Cl)cc1Cl)C(=O)CN(c1cc(Cl)ccc1Cl)S(=O)(=O)c1ccc(C)cc1. The highest BCUT2D eigenvalue weighted by Gasteiger charge is 2.34. The summed E-state index contributed by atoms with van der Waals surface area (Å²) >= 11 is 25.1. The van der Waals surface area contributed by atoms with Gasteiger partial charge >= 0.3 is 0 Å². The Kier molecular flexibility index (Phi) is 11.1. The summed E-state index contributed by atoms with van der Waals surface area (Å²) in [6, 6.07) is 14.5. The van der Waals surface area contributed by atoms with Crippen molar-refractivity contribution in [3.05, 3.63) is 91.9 Å². The molecule has 214 valence electrons. The highest BCUT2D eigenvalue weighted by Crippen LogP contribution is 2.33. The first-order chi connectivity index (χ1) is 18.9. The minimum atomic E-state index is -4.29. The van der Waals surface area contributed by atoms with E-state index in [9.17, 15) is 18.0 Å². The second-order valence-electron chi connectivity index (χ2n) is 9.00. The van der Waals surface area contributed by atoms with Crippen LogP contribution < -0.4 is 9.62 Å². The van der Waals surface area contributed by atoms with Gasteiger partial charge in [0.2, 0.25) is 11.8 Å². The first-order valence-electron chi connectivity index (χ1n) is 12.4. The molecule has 0 fully saturated rings. The van der Waals surface area contributed by atoms with Crippen LogP contribution in [0.2, 0.25) is 20.1 Å². The van der Waals surface area contributed by atoms with Crippen molar-refractivity contribution < 1.29 is 18.0 Å². The Bertz CT molecular complexity index is 1480. The molecule has 0 aliphatic carbocycles. The lowest BCUT2D eigenvalue weighted by atomic mass is 10.1. The van der Waals surface area contributed by atoms with Crippen LogP contribution in [0, 0.1) is 6.92 Å². The van der Waals surface area contributed by atoms with Crippen LogP contribution in [0.15, 0.2) is 65.6 Å². The van der Waals surface area contributed by atoms with Crippen LogP contribution in [0.1, 0.15) is 31.4 Å². The van der Waals surface area contributed by atoms with Gasteiger partial charge in [-0.2, -0.15) is 0 Å². The number of likely N-dealkylation sites (N-methyl/N-ethyl adjacent to an activating group) is 1. The van der Waals surface area contributed by atoms with Crippen molar-refractivity contribution in [2.45, 2.75) is 44.7 Å². The predicted molar refractivity (Wildman–Crippen MR) is 162 cm³/mol. The Hall–Kier alpha value is -2.49. The summed E-state index contributed by atoms with van der Waals surface area (Å²) in [5.74, 6) is -1.02. The van der Waals surface area contributed by atoms with Crippen LogP contribution in [-0.2, 0) is 26.2 Å². The number of anilines is 1. The first-order valence-corrected chi connectivity index (χ1v) is 15.4. The molecule has 0 unspecified atom stereocenters. The number of nitrogens with one attached hydrogen (secondary N) is 1. The zero-order chi connectivity index (χ0) is 29.6. The number of halogens is 4. The fraction of sp³-hybridized carbons (Fsp3) is 0.286. The first kappa shape index (κ1) is 32.0. The van der Waals surface area contributed by atoms with Crippen LogP contribution in [0.5, 0.6) is 0 Å². The minimum Gasteiger partial charge on any atom is -0.355 e. The number of amides is 2. The van der Waals surface area contributed by atoms with Gasteiger partial charge in [-0.3, -0.25) is 13.9 Å². The molecule has 0 aliphatic rings. The van der Waals surface area contributed by atoms with E-state index in [2.05, 4.69) is 5.32 Å². The Morgan fingerprint density at radius 1 is 0.875 bits per heavy atom. The number of hydrogen-bond donors (Lipinski definition) is 1. The smallest absolute Gasteiger partial charge is 0.264 e. The van der Waals surface area contributed by atoms with Gasteiger partial charge in [0.05, 0.1) is 15.6 Å². The molecule has 7 nitrogen and oxygen atoms in total. The molecule has 12 heteroatoms. The van der Waals surface area contributed by atoms with E-state index in [1.807, 2.05) is 6.92 Å². The Balaban J connectivity index is 2.12. The molecule has 40 heavy (non-hydrogen) atoms. The molecule has 0 saturated heterocycles. The average Bonchev–Trinajstić information content (AvgIpc) is 2.90. The van der Waals surface area contributed by atoms with Crippen molar-refractivity contribution in [1.29, 1.82) is 0 Å². The molecule has 0 aliphatic heterocycles. The number of benzene rings is 3. The number of nitrogens with zero attached hydrogens (tertiary/aromatic N) is 2. The molecule has 1 N–H and O–H groups in total. The van der Waals surface area contributed by atoms with E-state index in [1.54, 1.807) is 38.1 Å². The summed E-state index contributed by atoms with van der Waals surface area (Å²) in [6.45, 7) is 4.99. The van der Waals surface area contributed by atoms with E-state index < -0.39 is 28.5 Å². The second-order valence-corrected chi connectivity index (χ2v) is 12.5. The summed E-state index contributed by atoms with van der Waals surface area (Å²) in [6.07, 6.45) is 0.269. The van der Waals surface area contributed by atoms with Crippen LogP contribution in [-0.4, -0.2) is 44.3 Å². The Morgan fingerprint density at radius 3 is 2.10 bits per heavy atom. The Morgan fingerprint density at radius 2 is 1.50 bits per heavy atom. The fourth-order valence-corrected chi connectivity index (χ4v) is 6.40. The summed E-state index contributed by atoms with van der Waals surface area (Å²) in [5, 5.41) is 3.77. The lowest BCUT2D eigenvalue weighted by Crippen LogP contribution is -2.52. The van der Waals surface area contributed by atoms with Crippen molar-refractivity contribution in [1.82, 2.24) is 10.2 Å². The van der Waals surface area contributed by atoms with Gasteiger partial charge in [0.15, 0.2) is 0 Å². The largest absolute Gasteiger partial charge is 0.355 e. The highest BCUT2D eigenvalue weighted by molar-refractivity contribution is 7.92. The molecule has 0 aromatic heterocycles. The van der Waals surface area contributed by atoms with Gasteiger partial charge in [-0.15, -0.1) is 0 Å². The van der Waals surface area contributed by atoms with Crippen LogP contribution in [0.3, 0.4) is 0 Å². The predicted octanol–water partition coefficient (Wildman–Crippen LogP) is 6.75. The molecule has 0 saturated carbocycles. The van der Waals surface area contributed by atoms with Gasteiger partial charge < -0.3 is 10.2 Å². The van der Waals surface area contributed by atoms with Crippen molar-refractivity contribution >= 4 is 73.9 Å². The third-order valence-electron chi connectivity index (χ3n) is 6.16. The lowest BCUT2D eigenvalue weighted by Gasteiger charge is -2.33. The van der Waals surface area contributed by atoms with E-state index in [4.69, 9.17) is 46.4 Å². The normalized spacial score (nSPS) is 12.1. The van der Waals surface area contributed by atoms with E-state index in [-0.39, 0.29) is 39.5 Å². The van der Waals surface area contributed by atoms with Gasteiger partial charge in [0, 0.05) is 28.2 Å². The fourth-order valence-electron chi connectivity index (χ4n) is 4.07. The summed E-state index contributed by atoms with van der Waals surface area (Å²) in [4.78, 5) is 28.3. The molecule has 0 heterocycles. The molecule has 3 aromatic rings. The molecule has 0 radical (unpaired) electrons. The number of carbonyl (C=O) groups excluding carboxylic acids is 2. The highest BCUT2D eigenvalue weighted by atomic mass is 35.5. The number of aryl methyl sites for hydroxylation is 1. The summed E-state index contributed by atoms with van der Waals surface area (Å²) in [7, 11) is -4.29. The van der Waals surface area contributed by atoms with Crippen LogP contribution >= 0.6 is 46.4 Å². The molecule has 0 spiro atoms. The quantitative estimate of drug-likeness (QED) is 0.250. The maximum atomic E-state index is 14.0. The standard InChI is InChI=1S/C28H29Cl4N3O4S/c1-4-25(28(37)33-5-2)34(16-19-8-9-20(29)14-24(19)32)27(36)17-35(26-15-21(30)10-13-23(26)31)40(38,39)22-11-6-18(3)7-12-22/h6-15,25H,4-5,16-17H2,1-3H3,(H,33,37)/t25-/m0/s1. The van der Waals surface area contributed by atoms with Crippen LogP contribution in [0.25, 0.3) is 0 Å². The third kappa shape index (κ3) is 7.62. The number of hydrogen-bond acceptors (Lipinski definition) is 4. The summed E-state index contributed by atoms with van der Waals surface area (Å²) < 4.78 is 28.8. The second kappa shape index (κ2) is 13.9. The molecular weight excluding hydrogens is 616 g/mol. The van der Waals surface area contributed by atoms with Gasteiger partial charge in [0.1, 0.15) is 12.6 Å². The van der Waals surface area contributed by atoms with Gasteiger partial charge in [-0.05, 0) is 68.3 Å². The maximum absolute atomic E-state index is 14.0. The van der Waals surface area contributed by atoms with E-state index in [0.29, 0.717) is 22.2 Å². The third-order valence-corrected chi connectivity index (χ3v) is 9.07. The van der Waals surface area contributed by atoms with E-state index >= 15 is 0 Å². The van der Waals surface area contributed by atoms with E-state index in [1.165, 1.54) is 41.3 Å². The maximum Gasteiger partial charge on any atom is 0.264 e. The van der Waals surface area contributed by atoms with Crippen molar-refractivity contribution in [3.63, 3.8) is 0 Å². The number of carbonyl (C=O) groups is 2. The number of rotatable bonds is 11. The van der Waals surface area contributed by atoms with Crippen molar-refractivity contribution in [2.75, 3.05) is 17.4 Å². The van der Waals surface area contributed by atoms with Gasteiger partial charge in [-0.25, -0.2) is 8.42 Å². The monoisotopic (exact) mass is 643 g/mol.